The standard InChI is InChI=1S/C9H7ClOS2/c1-12-9-5-2-3-13-7(5)4-6(11)8(9)10/h2-4,11H,1H3. The lowest BCUT2D eigenvalue weighted by Crippen LogP contribution is -1.76. The van der Waals surface area contributed by atoms with Crippen molar-refractivity contribution in [3.8, 4) is 5.75 Å². The summed E-state index contributed by atoms with van der Waals surface area (Å²) in [6.07, 6.45) is 1.96. The highest BCUT2D eigenvalue weighted by Crippen LogP contribution is 2.41. The summed E-state index contributed by atoms with van der Waals surface area (Å²) in [5.74, 6) is 0.168. The Labute approximate surface area is 89.3 Å². The van der Waals surface area contributed by atoms with Gasteiger partial charge in [0.2, 0.25) is 0 Å². The lowest BCUT2D eigenvalue weighted by atomic mass is 10.2. The maximum Gasteiger partial charge on any atom is 0.136 e. The minimum Gasteiger partial charge on any atom is -0.506 e. The van der Waals surface area contributed by atoms with E-state index >= 15 is 0 Å². The van der Waals surface area contributed by atoms with Crippen LogP contribution in [0.5, 0.6) is 5.75 Å². The molecule has 0 saturated heterocycles. The molecular weight excluding hydrogens is 224 g/mol. The fourth-order valence-corrected chi connectivity index (χ4v) is 3.20. The number of benzene rings is 1. The van der Waals surface area contributed by atoms with Crippen LogP contribution in [0.3, 0.4) is 0 Å². The van der Waals surface area contributed by atoms with Crippen molar-refractivity contribution in [1.29, 1.82) is 0 Å². The van der Waals surface area contributed by atoms with Crippen molar-refractivity contribution in [1.82, 2.24) is 0 Å². The summed E-state index contributed by atoms with van der Waals surface area (Å²) in [4.78, 5) is 0.956. The Morgan fingerprint density at radius 3 is 3.00 bits per heavy atom. The molecule has 0 saturated carbocycles. The van der Waals surface area contributed by atoms with E-state index in [1.165, 1.54) is 0 Å². The first kappa shape index (κ1) is 9.19. The van der Waals surface area contributed by atoms with E-state index in [0.717, 1.165) is 15.0 Å². The molecule has 68 valence electrons. The maximum atomic E-state index is 9.51. The largest absolute Gasteiger partial charge is 0.506 e. The van der Waals surface area contributed by atoms with Crippen LogP contribution in [0, 0.1) is 0 Å². The van der Waals surface area contributed by atoms with E-state index in [-0.39, 0.29) is 5.75 Å². The minimum absolute atomic E-state index is 0.168. The fourth-order valence-electron chi connectivity index (χ4n) is 1.24. The van der Waals surface area contributed by atoms with Crippen LogP contribution in [0.4, 0.5) is 0 Å². The van der Waals surface area contributed by atoms with Gasteiger partial charge in [0, 0.05) is 15.0 Å². The molecule has 13 heavy (non-hydrogen) atoms. The average molecular weight is 231 g/mol. The maximum absolute atomic E-state index is 9.51. The number of phenolic OH excluding ortho intramolecular Hbond substituents is 1. The summed E-state index contributed by atoms with van der Waals surface area (Å²) in [5, 5.41) is 13.1. The van der Waals surface area contributed by atoms with E-state index in [9.17, 15) is 5.11 Å². The van der Waals surface area contributed by atoms with Crippen molar-refractivity contribution >= 4 is 44.8 Å². The molecule has 0 atom stereocenters. The third-order valence-electron chi connectivity index (χ3n) is 1.84. The van der Waals surface area contributed by atoms with Crippen molar-refractivity contribution < 1.29 is 5.11 Å². The van der Waals surface area contributed by atoms with Crippen LogP contribution in [0.1, 0.15) is 0 Å². The number of hydrogen-bond donors (Lipinski definition) is 1. The van der Waals surface area contributed by atoms with Crippen LogP contribution in [-0.2, 0) is 0 Å². The summed E-state index contributed by atoms with van der Waals surface area (Å²) in [6.45, 7) is 0. The van der Waals surface area contributed by atoms with Crippen LogP contribution >= 0.6 is 34.7 Å². The molecule has 0 aliphatic carbocycles. The van der Waals surface area contributed by atoms with Crippen molar-refractivity contribution in [2.45, 2.75) is 4.90 Å². The van der Waals surface area contributed by atoms with Gasteiger partial charge in [-0.25, -0.2) is 0 Å². The van der Waals surface area contributed by atoms with Crippen molar-refractivity contribution in [3.63, 3.8) is 0 Å². The molecule has 1 nitrogen and oxygen atoms in total. The van der Waals surface area contributed by atoms with E-state index in [1.807, 2.05) is 17.7 Å². The number of fused-ring (bicyclic) bond motifs is 1. The van der Waals surface area contributed by atoms with Gasteiger partial charge in [-0.2, -0.15) is 0 Å². The second-order valence-corrected chi connectivity index (χ2v) is 4.72. The van der Waals surface area contributed by atoms with E-state index in [2.05, 4.69) is 0 Å². The summed E-state index contributed by atoms with van der Waals surface area (Å²) >= 11 is 9.13. The Kier molecular flexibility index (Phi) is 2.41. The zero-order valence-corrected chi connectivity index (χ0v) is 9.26. The predicted octanol–water partition coefficient (Wildman–Crippen LogP) is 3.98. The van der Waals surface area contributed by atoms with Gasteiger partial charge in [-0.05, 0) is 23.8 Å². The highest BCUT2D eigenvalue weighted by atomic mass is 35.5. The molecular formula is C9H7ClOS2. The van der Waals surface area contributed by atoms with Gasteiger partial charge >= 0.3 is 0 Å². The Balaban J connectivity index is 2.87. The molecule has 2 rings (SSSR count). The van der Waals surface area contributed by atoms with Gasteiger partial charge in [-0.15, -0.1) is 23.1 Å². The molecule has 0 bridgehead atoms. The lowest BCUT2D eigenvalue weighted by Gasteiger charge is -2.04. The minimum atomic E-state index is 0.168. The summed E-state index contributed by atoms with van der Waals surface area (Å²) in [6, 6.07) is 3.74. The fraction of sp³-hybridized carbons (Fsp3) is 0.111. The van der Waals surface area contributed by atoms with Gasteiger partial charge in [0.15, 0.2) is 0 Å². The number of hydrogen-bond acceptors (Lipinski definition) is 3. The monoisotopic (exact) mass is 230 g/mol. The molecule has 2 aromatic rings. The number of aromatic hydroxyl groups is 1. The smallest absolute Gasteiger partial charge is 0.136 e. The molecule has 1 aromatic heterocycles. The molecule has 0 fully saturated rings. The lowest BCUT2D eigenvalue weighted by molar-refractivity contribution is 0.475. The molecule has 1 aromatic carbocycles. The first-order valence-corrected chi connectivity index (χ1v) is 6.15. The van der Waals surface area contributed by atoms with Crippen LogP contribution in [0.25, 0.3) is 10.1 Å². The number of thiophene rings is 1. The summed E-state index contributed by atoms with van der Waals surface area (Å²) in [5.41, 5.74) is 0. The van der Waals surface area contributed by atoms with Gasteiger partial charge in [0.25, 0.3) is 0 Å². The number of halogens is 1. The number of rotatable bonds is 1. The highest BCUT2D eigenvalue weighted by molar-refractivity contribution is 7.99. The highest BCUT2D eigenvalue weighted by Gasteiger charge is 2.10. The first-order valence-electron chi connectivity index (χ1n) is 3.66. The van der Waals surface area contributed by atoms with E-state index < -0.39 is 0 Å². The first-order chi connectivity index (χ1) is 6.24. The Morgan fingerprint density at radius 2 is 2.31 bits per heavy atom. The van der Waals surface area contributed by atoms with Gasteiger partial charge in [0.1, 0.15) is 5.75 Å². The quantitative estimate of drug-likeness (QED) is 0.748. The van der Waals surface area contributed by atoms with Gasteiger partial charge in [-0.1, -0.05) is 11.6 Å². The normalized spacial score (nSPS) is 10.9. The molecule has 0 amide bonds. The molecule has 4 heteroatoms. The number of phenols is 1. The molecule has 0 unspecified atom stereocenters. The third-order valence-corrected chi connectivity index (χ3v) is 4.03. The molecule has 0 spiro atoms. The second kappa shape index (κ2) is 3.40. The molecule has 1 heterocycles. The number of thioether (sulfide) groups is 1. The van der Waals surface area contributed by atoms with E-state index in [4.69, 9.17) is 11.6 Å². The molecule has 0 aliphatic heterocycles. The summed E-state index contributed by atoms with van der Waals surface area (Å²) in [7, 11) is 0. The zero-order valence-electron chi connectivity index (χ0n) is 6.87. The average Bonchev–Trinajstić information content (AvgIpc) is 2.54. The van der Waals surface area contributed by atoms with Crippen molar-refractivity contribution in [2.24, 2.45) is 0 Å². The van der Waals surface area contributed by atoms with Crippen LogP contribution in [-0.4, -0.2) is 11.4 Å². The SMILES string of the molecule is CSc1c(Cl)c(O)cc2sccc12. The van der Waals surface area contributed by atoms with E-state index in [0.29, 0.717) is 5.02 Å². The Bertz CT molecular complexity index is 450. The predicted molar refractivity (Wildman–Crippen MR) is 60.3 cm³/mol. The topological polar surface area (TPSA) is 20.2 Å². The van der Waals surface area contributed by atoms with Crippen LogP contribution in [0.15, 0.2) is 22.4 Å². The molecule has 0 radical (unpaired) electrons. The van der Waals surface area contributed by atoms with Crippen LogP contribution in [0.2, 0.25) is 5.02 Å². The summed E-state index contributed by atoms with van der Waals surface area (Å²) < 4.78 is 1.08. The van der Waals surface area contributed by atoms with Crippen LogP contribution < -0.4 is 0 Å². The van der Waals surface area contributed by atoms with Crippen molar-refractivity contribution in [2.75, 3.05) is 6.26 Å². The van der Waals surface area contributed by atoms with Gasteiger partial charge in [0.05, 0.1) is 5.02 Å². The van der Waals surface area contributed by atoms with Gasteiger partial charge in [-0.3, -0.25) is 0 Å². The Morgan fingerprint density at radius 1 is 1.54 bits per heavy atom. The second-order valence-electron chi connectivity index (χ2n) is 2.58. The third kappa shape index (κ3) is 1.41. The molecule has 0 aliphatic rings. The zero-order chi connectivity index (χ0) is 9.42. The van der Waals surface area contributed by atoms with E-state index in [1.54, 1.807) is 29.2 Å². The molecule has 1 N–H and O–H groups in total. The van der Waals surface area contributed by atoms with Crippen molar-refractivity contribution in [3.05, 3.63) is 22.5 Å². The Hall–Kier alpha value is -0.380. The van der Waals surface area contributed by atoms with Gasteiger partial charge < -0.3 is 5.11 Å².